The first-order valence-electron chi connectivity index (χ1n) is 4.87. The molecule has 1 heterocycles. The van der Waals surface area contributed by atoms with E-state index in [0.717, 1.165) is 10.9 Å². The second-order valence-electron chi connectivity index (χ2n) is 3.31. The molecule has 2 aromatic rings. The SMILES string of the molecule is CCn1c(=O)c(NN)cc2ccccc21. The van der Waals surface area contributed by atoms with Gasteiger partial charge in [-0.3, -0.25) is 10.6 Å². The van der Waals surface area contributed by atoms with Gasteiger partial charge in [0, 0.05) is 11.9 Å². The van der Waals surface area contributed by atoms with E-state index in [4.69, 9.17) is 5.84 Å². The predicted octanol–water partition coefficient (Wildman–Crippen LogP) is 1.31. The van der Waals surface area contributed by atoms with Gasteiger partial charge in [0.05, 0.1) is 5.52 Å². The third-order valence-corrected chi connectivity index (χ3v) is 2.47. The molecule has 3 N–H and O–H groups in total. The van der Waals surface area contributed by atoms with Gasteiger partial charge < -0.3 is 9.99 Å². The van der Waals surface area contributed by atoms with Gasteiger partial charge in [0.15, 0.2) is 0 Å². The van der Waals surface area contributed by atoms with Crippen molar-refractivity contribution in [2.24, 2.45) is 5.84 Å². The van der Waals surface area contributed by atoms with Crippen molar-refractivity contribution in [1.82, 2.24) is 4.57 Å². The fourth-order valence-corrected chi connectivity index (χ4v) is 1.74. The summed E-state index contributed by atoms with van der Waals surface area (Å²) in [5.41, 5.74) is 3.70. The van der Waals surface area contributed by atoms with Gasteiger partial charge in [-0.2, -0.15) is 0 Å². The topological polar surface area (TPSA) is 60.0 Å². The second-order valence-corrected chi connectivity index (χ2v) is 3.31. The number of fused-ring (bicyclic) bond motifs is 1. The number of pyridine rings is 1. The first kappa shape index (κ1) is 9.73. The molecule has 0 aliphatic rings. The Bertz CT molecular complexity index is 545. The van der Waals surface area contributed by atoms with Crippen molar-refractivity contribution in [2.45, 2.75) is 13.5 Å². The molecule has 0 radical (unpaired) electrons. The lowest BCUT2D eigenvalue weighted by atomic mass is 10.2. The fourth-order valence-electron chi connectivity index (χ4n) is 1.74. The van der Waals surface area contributed by atoms with Crippen LogP contribution in [0.3, 0.4) is 0 Å². The number of nitrogen functional groups attached to an aromatic ring is 1. The molecule has 4 nitrogen and oxygen atoms in total. The lowest BCUT2D eigenvalue weighted by molar-refractivity contribution is 0.761. The summed E-state index contributed by atoms with van der Waals surface area (Å²) in [4.78, 5) is 11.9. The zero-order valence-corrected chi connectivity index (χ0v) is 8.53. The number of hydrogen-bond acceptors (Lipinski definition) is 3. The lowest BCUT2D eigenvalue weighted by Gasteiger charge is -2.10. The molecule has 4 heteroatoms. The number of rotatable bonds is 2. The highest BCUT2D eigenvalue weighted by Crippen LogP contribution is 2.14. The summed E-state index contributed by atoms with van der Waals surface area (Å²) in [6.45, 7) is 2.57. The second kappa shape index (κ2) is 3.74. The predicted molar refractivity (Wildman–Crippen MR) is 61.7 cm³/mol. The van der Waals surface area contributed by atoms with E-state index in [9.17, 15) is 4.79 Å². The standard InChI is InChI=1S/C11H13N3O/c1-2-14-10-6-4-3-5-8(10)7-9(13-12)11(14)15/h3-7,13H,2,12H2,1H3. The molecule has 0 aliphatic heterocycles. The number of nitrogens with one attached hydrogen (secondary N) is 1. The van der Waals surface area contributed by atoms with Crippen LogP contribution < -0.4 is 16.8 Å². The summed E-state index contributed by atoms with van der Waals surface area (Å²) in [6.07, 6.45) is 0. The van der Waals surface area contributed by atoms with Crippen LogP contribution in [0.2, 0.25) is 0 Å². The van der Waals surface area contributed by atoms with Crippen LogP contribution in [0.4, 0.5) is 5.69 Å². The summed E-state index contributed by atoms with van der Waals surface area (Å²) in [5, 5.41) is 1.01. The Labute approximate surface area is 87.3 Å². The van der Waals surface area contributed by atoms with E-state index in [2.05, 4.69) is 5.43 Å². The van der Waals surface area contributed by atoms with Crippen LogP contribution in [0.1, 0.15) is 6.92 Å². The van der Waals surface area contributed by atoms with Crippen molar-refractivity contribution >= 4 is 16.6 Å². The number of anilines is 1. The Morgan fingerprint density at radius 1 is 1.40 bits per heavy atom. The van der Waals surface area contributed by atoms with Crippen molar-refractivity contribution < 1.29 is 0 Å². The summed E-state index contributed by atoms with van der Waals surface area (Å²) in [6, 6.07) is 9.52. The Balaban J connectivity index is 2.90. The van der Waals surface area contributed by atoms with E-state index < -0.39 is 0 Å². The molecule has 0 bridgehead atoms. The molecule has 0 fully saturated rings. The Hall–Kier alpha value is -1.81. The molecular formula is C11H13N3O. The molecule has 1 aromatic heterocycles. The molecule has 1 aromatic carbocycles. The van der Waals surface area contributed by atoms with Crippen LogP contribution in [-0.2, 0) is 6.54 Å². The van der Waals surface area contributed by atoms with Gasteiger partial charge in [-0.1, -0.05) is 18.2 Å². The minimum absolute atomic E-state index is 0.0845. The van der Waals surface area contributed by atoms with E-state index in [-0.39, 0.29) is 5.56 Å². The maximum Gasteiger partial charge on any atom is 0.275 e. The van der Waals surface area contributed by atoms with Crippen molar-refractivity contribution in [3.8, 4) is 0 Å². The molecule has 0 amide bonds. The molecule has 2 rings (SSSR count). The van der Waals surface area contributed by atoms with Crippen LogP contribution in [-0.4, -0.2) is 4.57 Å². The largest absolute Gasteiger partial charge is 0.319 e. The van der Waals surface area contributed by atoms with Gasteiger partial charge in [0.1, 0.15) is 5.69 Å². The molecule has 0 spiro atoms. The van der Waals surface area contributed by atoms with Crippen molar-refractivity contribution in [3.63, 3.8) is 0 Å². The van der Waals surface area contributed by atoms with E-state index in [1.165, 1.54) is 0 Å². The number of hydrogen-bond donors (Lipinski definition) is 2. The average molecular weight is 203 g/mol. The van der Waals surface area contributed by atoms with Gasteiger partial charge in [0.2, 0.25) is 0 Å². The quantitative estimate of drug-likeness (QED) is 0.571. The third-order valence-electron chi connectivity index (χ3n) is 2.47. The van der Waals surface area contributed by atoms with Crippen LogP contribution in [0, 0.1) is 0 Å². The van der Waals surface area contributed by atoms with Crippen molar-refractivity contribution in [1.29, 1.82) is 0 Å². The number of para-hydroxylation sites is 1. The number of aromatic nitrogens is 1. The number of hydrazine groups is 1. The monoisotopic (exact) mass is 203 g/mol. The Kier molecular flexibility index (Phi) is 2.43. The molecule has 78 valence electrons. The smallest absolute Gasteiger partial charge is 0.275 e. The number of nitrogens with zero attached hydrogens (tertiary/aromatic N) is 1. The van der Waals surface area contributed by atoms with Gasteiger partial charge in [0.25, 0.3) is 5.56 Å². The van der Waals surface area contributed by atoms with Gasteiger partial charge in [-0.15, -0.1) is 0 Å². The normalized spacial score (nSPS) is 10.5. The highest BCUT2D eigenvalue weighted by atomic mass is 16.1. The highest BCUT2D eigenvalue weighted by Gasteiger charge is 2.05. The summed E-state index contributed by atoms with van der Waals surface area (Å²) >= 11 is 0. The minimum Gasteiger partial charge on any atom is -0.319 e. The van der Waals surface area contributed by atoms with E-state index in [1.54, 1.807) is 10.6 Å². The maximum atomic E-state index is 11.9. The van der Waals surface area contributed by atoms with E-state index in [1.807, 2.05) is 31.2 Å². The Morgan fingerprint density at radius 2 is 2.13 bits per heavy atom. The minimum atomic E-state index is -0.0845. The molecular weight excluding hydrogens is 190 g/mol. The van der Waals surface area contributed by atoms with Gasteiger partial charge in [-0.25, -0.2) is 0 Å². The van der Waals surface area contributed by atoms with Crippen LogP contribution in [0.15, 0.2) is 35.1 Å². The van der Waals surface area contributed by atoms with Crippen LogP contribution in [0.5, 0.6) is 0 Å². The highest BCUT2D eigenvalue weighted by molar-refractivity contribution is 5.82. The molecule has 15 heavy (non-hydrogen) atoms. The summed E-state index contributed by atoms with van der Waals surface area (Å²) in [5.74, 6) is 5.30. The zero-order valence-electron chi connectivity index (χ0n) is 8.53. The summed E-state index contributed by atoms with van der Waals surface area (Å²) in [7, 11) is 0. The molecule has 0 atom stereocenters. The number of benzene rings is 1. The first-order valence-corrected chi connectivity index (χ1v) is 4.87. The van der Waals surface area contributed by atoms with Gasteiger partial charge >= 0.3 is 0 Å². The molecule has 0 saturated carbocycles. The summed E-state index contributed by atoms with van der Waals surface area (Å²) < 4.78 is 1.70. The molecule has 0 saturated heterocycles. The average Bonchev–Trinajstić information content (AvgIpc) is 2.28. The lowest BCUT2D eigenvalue weighted by Crippen LogP contribution is -2.25. The van der Waals surface area contributed by atoms with E-state index in [0.29, 0.717) is 12.2 Å². The first-order chi connectivity index (χ1) is 7.27. The molecule has 0 unspecified atom stereocenters. The van der Waals surface area contributed by atoms with E-state index >= 15 is 0 Å². The third kappa shape index (κ3) is 1.49. The van der Waals surface area contributed by atoms with Crippen molar-refractivity contribution in [3.05, 3.63) is 40.7 Å². The number of nitrogens with two attached hydrogens (primary N) is 1. The van der Waals surface area contributed by atoms with Gasteiger partial charge in [-0.05, 0) is 19.1 Å². The zero-order chi connectivity index (χ0) is 10.8. The maximum absolute atomic E-state index is 11.9. The van der Waals surface area contributed by atoms with Crippen molar-refractivity contribution in [2.75, 3.05) is 5.43 Å². The fraction of sp³-hybridized carbons (Fsp3) is 0.182. The number of aryl methyl sites for hydroxylation is 1. The molecule has 0 aliphatic carbocycles. The van der Waals surface area contributed by atoms with Crippen LogP contribution >= 0.6 is 0 Å². The Morgan fingerprint density at radius 3 is 2.80 bits per heavy atom. The van der Waals surface area contributed by atoms with Crippen LogP contribution in [0.25, 0.3) is 10.9 Å².